The topological polar surface area (TPSA) is 78.9 Å². The minimum atomic E-state index is -0.779. The number of carboxylic acid groups (broad SMARTS) is 1. The summed E-state index contributed by atoms with van der Waals surface area (Å²) in [6.45, 7) is 4.48. The van der Waals surface area contributed by atoms with E-state index in [2.05, 4.69) is 5.32 Å². The summed E-state index contributed by atoms with van der Waals surface area (Å²) in [5.41, 5.74) is -0.226. The average Bonchev–Trinajstić information content (AvgIpc) is 2.41. The summed E-state index contributed by atoms with van der Waals surface area (Å²) < 4.78 is 5.59. The summed E-state index contributed by atoms with van der Waals surface area (Å²) >= 11 is 0. The summed E-state index contributed by atoms with van der Waals surface area (Å²) in [7, 11) is 0. The molecule has 2 fully saturated rings. The SMILES string of the molecule is CCOC1CCCN(C(=O)NCC2(CC(=O)O)CCC2)C1. The predicted molar refractivity (Wildman–Crippen MR) is 78.2 cm³/mol. The van der Waals surface area contributed by atoms with Crippen molar-refractivity contribution >= 4 is 12.0 Å². The van der Waals surface area contributed by atoms with Gasteiger partial charge in [-0.3, -0.25) is 4.79 Å². The highest BCUT2D eigenvalue weighted by Crippen LogP contribution is 2.43. The fraction of sp³-hybridized carbons (Fsp3) is 0.867. The number of likely N-dealkylation sites (tertiary alicyclic amines) is 1. The van der Waals surface area contributed by atoms with Crippen molar-refractivity contribution in [3.63, 3.8) is 0 Å². The number of carboxylic acids is 1. The first-order valence-electron chi connectivity index (χ1n) is 7.91. The van der Waals surface area contributed by atoms with Gasteiger partial charge in [0.2, 0.25) is 0 Å². The first-order chi connectivity index (χ1) is 10.0. The molecule has 1 atom stereocenters. The molecule has 2 N–H and O–H groups in total. The van der Waals surface area contributed by atoms with E-state index in [4.69, 9.17) is 9.84 Å². The molecule has 6 nitrogen and oxygen atoms in total. The lowest BCUT2D eigenvalue weighted by atomic mass is 9.66. The van der Waals surface area contributed by atoms with Crippen molar-refractivity contribution in [1.82, 2.24) is 10.2 Å². The Morgan fingerprint density at radius 2 is 2.14 bits per heavy atom. The Bertz CT molecular complexity index is 380. The standard InChI is InChI=1S/C15H26N2O4/c1-2-21-12-5-3-8-17(10-12)14(20)16-11-15(6-4-7-15)9-13(18)19/h12H,2-11H2,1H3,(H,16,20)(H,18,19). The second-order valence-electron chi connectivity index (χ2n) is 6.25. The Hall–Kier alpha value is -1.30. The maximum absolute atomic E-state index is 12.2. The number of aliphatic carboxylic acids is 1. The summed E-state index contributed by atoms with van der Waals surface area (Å²) in [6, 6.07) is -0.0870. The lowest BCUT2D eigenvalue weighted by molar-refractivity contribution is -0.141. The number of hydrogen-bond donors (Lipinski definition) is 2. The zero-order chi connectivity index (χ0) is 15.3. The Kier molecular flexibility index (Phi) is 5.45. The molecule has 2 rings (SSSR count). The number of carbonyl (C=O) groups is 2. The smallest absolute Gasteiger partial charge is 0.317 e. The summed E-state index contributed by atoms with van der Waals surface area (Å²) in [5, 5.41) is 11.9. The lowest BCUT2D eigenvalue weighted by Gasteiger charge is -2.41. The minimum absolute atomic E-state index is 0.0870. The van der Waals surface area contributed by atoms with Crippen molar-refractivity contribution in [3.8, 4) is 0 Å². The maximum atomic E-state index is 12.2. The first kappa shape index (κ1) is 16.1. The van der Waals surface area contributed by atoms with Crippen LogP contribution in [0.4, 0.5) is 4.79 Å². The van der Waals surface area contributed by atoms with E-state index in [9.17, 15) is 9.59 Å². The van der Waals surface area contributed by atoms with Gasteiger partial charge in [-0.2, -0.15) is 0 Å². The van der Waals surface area contributed by atoms with E-state index in [-0.39, 0.29) is 24.0 Å². The molecule has 2 aliphatic rings. The van der Waals surface area contributed by atoms with Crippen LogP contribution in [0.3, 0.4) is 0 Å². The summed E-state index contributed by atoms with van der Waals surface area (Å²) in [4.78, 5) is 25.0. The van der Waals surface area contributed by atoms with E-state index in [1.54, 1.807) is 4.90 Å². The third-order valence-corrected chi connectivity index (χ3v) is 4.62. The van der Waals surface area contributed by atoms with Gasteiger partial charge in [0, 0.05) is 26.2 Å². The van der Waals surface area contributed by atoms with Crippen molar-refractivity contribution in [3.05, 3.63) is 0 Å². The number of piperidine rings is 1. The van der Waals surface area contributed by atoms with Gasteiger partial charge in [-0.05, 0) is 38.0 Å². The fourth-order valence-electron chi connectivity index (χ4n) is 3.28. The van der Waals surface area contributed by atoms with E-state index < -0.39 is 5.97 Å². The Balaban J connectivity index is 1.79. The zero-order valence-electron chi connectivity index (χ0n) is 12.8. The Labute approximate surface area is 125 Å². The second kappa shape index (κ2) is 7.11. The second-order valence-corrected chi connectivity index (χ2v) is 6.25. The van der Waals surface area contributed by atoms with Gasteiger partial charge < -0.3 is 20.1 Å². The highest BCUT2D eigenvalue weighted by atomic mass is 16.5. The molecular formula is C15H26N2O4. The highest BCUT2D eigenvalue weighted by molar-refractivity contribution is 5.74. The van der Waals surface area contributed by atoms with Gasteiger partial charge in [-0.25, -0.2) is 4.79 Å². The fourth-order valence-corrected chi connectivity index (χ4v) is 3.28. The minimum Gasteiger partial charge on any atom is -0.481 e. The van der Waals surface area contributed by atoms with Crippen molar-refractivity contribution in [2.75, 3.05) is 26.2 Å². The third-order valence-electron chi connectivity index (χ3n) is 4.62. The molecule has 1 aliphatic heterocycles. The molecule has 120 valence electrons. The molecule has 1 heterocycles. The van der Waals surface area contributed by atoms with Crippen LogP contribution < -0.4 is 5.32 Å². The van der Waals surface area contributed by atoms with Crippen molar-refractivity contribution in [2.45, 2.75) is 51.6 Å². The molecule has 1 saturated carbocycles. The molecular weight excluding hydrogens is 272 g/mol. The summed E-state index contributed by atoms with van der Waals surface area (Å²) in [5.74, 6) is -0.779. The van der Waals surface area contributed by atoms with Crippen molar-refractivity contribution < 1.29 is 19.4 Å². The molecule has 0 radical (unpaired) electrons. The quantitative estimate of drug-likeness (QED) is 0.784. The van der Waals surface area contributed by atoms with Gasteiger partial charge >= 0.3 is 12.0 Å². The molecule has 0 aromatic rings. The molecule has 0 spiro atoms. The number of urea groups is 1. The van der Waals surface area contributed by atoms with Gasteiger partial charge in [0.05, 0.1) is 12.5 Å². The van der Waals surface area contributed by atoms with Crippen LogP contribution in [0.2, 0.25) is 0 Å². The van der Waals surface area contributed by atoms with Gasteiger partial charge in [-0.1, -0.05) is 6.42 Å². The number of carbonyl (C=O) groups excluding carboxylic acids is 1. The predicted octanol–water partition coefficient (Wildman–Crippen LogP) is 1.84. The van der Waals surface area contributed by atoms with E-state index in [0.717, 1.165) is 38.6 Å². The lowest BCUT2D eigenvalue weighted by Crippen LogP contribution is -2.51. The number of rotatable bonds is 6. The Morgan fingerprint density at radius 1 is 1.38 bits per heavy atom. The van der Waals surface area contributed by atoms with Crippen LogP contribution in [-0.2, 0) is 9.53 Å². The molecule has 6 heteroatoms. The number of amides is 2. The van der Waals surface area contributed by atoms with Crippen molar-refractivity contribution in [2.24, 2.45) is 5.41 Å². The van der Waals surface area contributed by atoms with Crippen LogP contribution in [-0.4, -0.2) is 54.4 Å². The van der Waals surface area contributed by atoms with Gasteiger partial charge in [0.25, 0.3) is 0 Å². The Morgan fingerprint density at radius 3 is 2.71 bits per heavy atom. The molecule has 1 aliphatic carbocycles. The van der Waals surface area contributed by atoms with Crippen LogP contribution in [0.1, 0.15) is 45.4 Å². The number of ether oxygens (including phenoxy) is 1. The van der Waals surface area contributed by atoms with Crippen LogP contribution in [0.5, 0.6) is 0 Å². The molecule has 1 saturated heterocycles. The third kappa shape index (κ3) is 4.33. The molecule has 21 heavy (non-hydrogen) atoms. The van der Waals surface area contributed by atoms with E-state index in [1.807, 2.05) is 6.92 Å². The maximum Gasteiger partial charge on any atom is 0.317 e. The molecule has 0 aromatic heterocycles. The van der Waals surface area contributed by atoms with Crippen LogP contribution in [0, 0.1) is 5.41 Å². The van der Waals surface area contributed by atoms with Crippen LogP contribution >= 0.6 is 0 Å². The van der Waals surface area contributed by atoms with Crippen LogP contribution in [0.25, 0.3) is 0 Å². The van der Waals surface area contributed by atoms with Gasteiger partial charge in [0.15, 0.2) is 0 Å². The molecule has 0 aromatic carbocycles. The van der Waals surface area contributed by atoms with E-state index >= 15 is 0 Å². The molecule has 2 amide bonds. The number of hydrogen-bond acceptors (Lipinski definition) is 3. The molecule has 0 bridgehead atoms. The largest absolute Gasteiger partial charge is 0.481 e. The number of nitrogens with one attached hydrogen (secondary N) is 1. The van der Waals surface area contributed by atoms with Crippen molar-refractivity contribution in [1.29, 1.82) is 0 Å². The van der Waals surface area contributed by atoms with Gasteiger partial charge in [0.1, 0.15) is 0 Å². The highest BCUT2D eigenvalue weighted by Gasteiger charge is 2.39. The van der Waals surface area contributed by atoms with Crippen LogP contribution in [0.15, 0.2) is 0 Å². The first-order valence-corrected chi connectivity index (χ1v) is 7.91. The van der Waals surface area contributed by atoms with Gasteiger partial charge in [-0.15, -0.1) is 0 Å². The normalized spacial score (nSPS) is 24.2. The zero-order valence-corrected chi connectivity index (χ0v) is 12.8. The summed E-state index contributed by atoms with van der Waals surface area (Å²) in [6.07, 6.45) is 5.07. The average molecular weight is 298 g/mol. The molecule has 1 unspecified atom stereocenters. The van der Waals surface area contributed by atoms with E-state index in [1.165, 1.54) is 0 Å². The monoisotopic (exact) mass is 298 g/mol. The number of nitrogens with zero attached hydrogens (tertiary/aromatic N) is 1. The van der Waals surface area contributed by atoms with E-state index in [0.29, 0.717) is 19.7 Å².